The van der Waals surface area contributed by atoms with Crippen LogP contribution in [0.3, 0.4) is 0 Å². The van der Waals surface area contributed by atoms with Crippen LogP contribution in [0, 0.1) is 0 Å². The number of fused-ring (bicyclic) bond motifs is 1. The Morgan fingerprint density at radius 3 is 2.95 bits per heavy atom. The molecule has 0 bridgehead atoms. The average molecular weight is 323 g/mol. The number of nitrogens with zero attached hydrogens (tertiary/aromatic N) is 1. The fourth-order valence-electron chi connectivity index (χ4n) is 1.79. The third kappa shape index (κ3) is 2.63. The van der Waals surface area contributed by atoms with Crippen LogP contribution in [0.15, 0.2) is 40.5 Å². The van der Waals surface area contributed by atoms with Gasteiger partial charge in [-0.05, 0) is 35.7 Å². The number of H-pyrrole nitrogens is 1. The smallest absolute Gasteiger partial charge is 0.259 e. The Bertz CT molecular complexity index is 853. The summed E-state index contributed by atoms with van der Waals surface area (Å²) >= 11 is 13.6. The summed E-state index contributed by atoms with van der Waals surface area (Å²) in [7, 11) is 0. The summed E-state index contributed by atoms with van der Waals surface area (Å²) in [6.45, 7) is 0. The Morgan fingerprint density at radius 1 is 1.35 bits per heavy atom. The van der Waals surface area contributed by atoms with Crippen LogP contribution in [-0.4, -0.2) is 9.97 Å². The highest BCUT2D eigenvalue weighted by molar-refractivity contribution is 7.11. The molecular weight excluding hydrogens is 315 g/mol. The van der Waals surface area contributed by atoms with Gasteiger partial charge in [-0.2, -0.15) is 0 Å². The summed E-state index contributed by atoms with van der Waals surface area (Å²) in [5.74, 6) is 0.347. The minimum Gasteiger partial charge on any atom is -0.305 e. The van der Waals surface area contributed by atoms with Crippen LogP contribution in [0.5, 0.6) is 0 Å². The molecule has 3 aromatic rings. The van der Waals surface area contributed by atoms with Crippen LogP contribution in [0.2, 0.25) is 5.02 Å². The first-order valence-corrected chi connectivity index (χ1v) is 7.38. The molecule has 0 aliphatic heterocycles. The van der Waals surface area contributed by atoms with E-state index in [9.17, 15) is 4.79 Å². The van der Waals surface area contributed by atoms with Crippen molar-refractivity contribution in [2.45, 2.75) is 0 Å². The van der Waals surface area contributed by atoms with Crippen molar-refractivity contribution < 1.29 is 0 Å². The molecule has 3 nitrogen and oxygen atoms in total. The minimum absolute atomic E-state index is 0.259. The SMILES string of the molecule is O=c1[nH]c(/C(Cl)=C/c2cccs2)nc2ccc(Cl)cc12. The summed E-state index contributed by atoms with van der Waals surface area (Å²) in [4.78, 5) is 20.0. The van der Waals surface area contributed by atoms with Gasteiger partial charge in [-0.15, -0.1) is 11.3 Å². The molecule has 0 aliphatic carbocycles. The quantitative estimate of drug-likeness (QED) is 0.761. The van der Waals surface area contributed by atoms with Gasteiger partial charge in [-0.1, -0.05) is 29.3 Å². The fraction of sp³-hybridized carbons (Fsp3) is 0. The summed E-state index contributed by atoms with van der Waals surface area (Å²) in [6.07, 6.45) is 1.77. The van der Waals surface area contributed by atoms with Crippen molar-refractivity contribution in [1.82, 2.24) is 9.97 Å². The number of benzene rings is 1. The first-order chi connectivity index (χ1) is 9.63. The number of aromatic amines is 1. The molecule has 0 saturated carbocycles. The molecule has 1 aromatic carbocycles. The molecule has 0 fully saturated rings. The molecule has 0 unspecified atom stereocenters. The van der Waals surface area contributed by atoms with Gasteiger partial charge >= 0.3 is 0 Å². The number of hydrogen-bond donors (Lipinski definition) is 1. The lowest BCUT2D eigenvalue weighted by Crippen LogP contribution is -2.10. The van der Waals surface area contributed by atoms with E-state index in [4.69, 9.17) is 23.2 Å². The Labute approximate surface area is 128 Å². The van der Waals surface area contributed by atoms with Crippen LogP contribution >= 0.6 is 34.5 Å². The average Bonchev–Trinajstić information content (AvgIpc) is 2.92. The third-order valence-electron chi connectivity index (χ3n) is 2.71. The molecular formula is C14H8Cl2N2OS. The molecule has 0 amide bonds. The molecule has 1 N–H and O–H groups in total. The van der Waals surface area contributed by atoms with E-state index in [1.807, 2.05) is 17.5 Å². The van der Waals surface area contributed by atoms with E-state index in [2.05, 4.69) is 9.97 Å². The molecule has 20 heavy (non-hydrogen) atoms. The van der Waals surface area contributed by atoms with E-state index >= 15 is 0 Å². The zero-order chi connectivity index (χ0) is 14.1. The zero-order valence-corrected chi connectivity index (χ0v) is 12.4. The summed E-state index contributed by atoms with van der Waals surface area (Å²) in [6, 6.07) is 8.84. The van der Waals surface area contributed by atoms with Gasteiger partial charge in [0.05, 0.1) is 15.9 Å². The van der Waals surface area contributed by atoms with Gasteiger partial charge in [0.1, 0.15) is 0 Å². The molecule has 0 aliphatic rings. The third-order valence-corrected chi connectivity index (χ3v) is 4.05. The second-order valence-corrected chi connectivity index (χ2v) is 5.91. The molecule has 2 aromatic heterocycles. The Balaban J connectivity index is 2.13. The van der Waals surface area contributed by atoms with E-state index in [0.717, 1.165) is 4.88 Å². The van der Waals surface area contributed by atoms with E-state index in [1.54, 1.807) is 35.6 Å². The van der Waals surface area contributed by atoms with Crippen molar-refractivity contribution in [1.29, 1.82) is 0 Å². The van der Waals surface area contributed by atoms with Crippen LogP contribution in [0.4, 0.5) is 0 Å². The maximum atomic E-state index is 12.0. The highest BCUT2D eigenvalue weighted by atomic mass is 35.5. The van der Waals surface area contributed by atoms with Gasteiger partial charge in [-0.25, -0.2) is 4.98 Å². The zero-order valence-electron chi connectivity index (χ0n) is 10.1. The normalized spacial score (nSPS) is 12.0. The van der Waals surface area contributed by atoms with E-state index in [-0.39, 0.29) is 5.56 Å². The molecule has 0 saturated heterocycles. The van der Waals surface area contributed by atoms with Crippen molar-refractivity contribution >= 4 is 56.5 Å². The number of aromatic nitrogens is 2. The van der Waals surface area contributed by atoms with Gasteiger partial charge in [-0.3, -0.25) is 4.79 Å². The minimum atomic E-state index is -0.259. The number of halogens is 2. The molecule has 0 spiro atoms. The summed E-state index contributed by atoms with van der Waals surface area (Å²) in [5.41, 5.74) is 0.302. The van der Waals surface area contributed by atoms with Gasteiger partial charge in [0.2, 0.25) is 0 Å². The highest BCUT2D eigenvalue weighted by Gasteiger charge is 2.07. The van der Waals surface area contributed by atoms with Crippen LogP contribution in [-0.2, 0) is 0 Å². The number of nitrogens with one attached hydrogen (secondary N) is 1. The lowest BCUT2D eigenvalue weighted by atomic mass is 10.2. The molecule has 100 valence electrons. The number of hydrogen-bond acceptors (Lipinski definition) is 3. The Kier molecular flexibility index (Phi) is 3.61. The van der Waals surface area contributed by atoms with E-state index < -0.39 is 0 Å². The maximum Gasteiger partial charge on any atom is 0.259 e. The van der Waals surface area contributed by atoms with E-state index in [0.29, 0.717) is 26.8 Å². The van der Waals surface area contributed by atoms with Crippen molar-refractivity contribution in [3.63, 3.8) is 0 Å². The molecule has 6 heteroatoms. The monoisotopic (exact) mass is 322 g/mol. The lowest BCUT2D eigenvalue weighted by Gasteiger charge is -2.02. The highest BCUT2D eigenvalue weighted by Crippen LogP contribution is 2.22. The first-order valence-electron chi connectivity index (χ1n) is 5.74. The van der Waals surface area contributed by atoms with Crippen LogP contribution < -0.4 is 5.56 Å². The van der Waals surface area contributed by atoms with Crippen molar-refractivity contribution in [3.05, 3.63) is 61.8 Å². The molecule has 0 atom stereocenters. The number of thiophene rings is 1. The second-order valence-electron chi connectivity index (χ2n) is 4.08. The van der Waals surface area contributed by atoms with Crippen molar-refractivity contribution in [2.24, 2.45) is 0 Å². The van der Waals surface area contributed by atoms with Crippen molar-refractivity contribution in [2.75, 3.05) is 0 Å². The van der Waals surface area contributed by atoms with Gasteiger partial charge in [0.15, 0.2) is 5.82 Å². The van der Waals surface area contributed by atoms with Gasteiger partial charge in [0.25, 0.3) is 5.56 Å². The standard InChI is InChI=1S/C14H8Cl2N2OS/c15-8-3-4-12-10(6-8)14(19)18-13(17-12)11(16)7-9-2-1-5-20-9/h1-7H,(H,17,18,19)/b11-7-. The van der Waals surface area contributed by atoms with Gasteiger partial charge in [0, 0.05) is 9.90 Å². The maximum absolute atomic E-state index is 12.0. The Morgan fingerprint density at radius 2 is 2.20 bits per heavy atom. The Hall–Kier alpha value is -1.62. The van der Waals surface area contributed by atoms with Crippen LogP contribution in [0.1, 0.15) is 10.7 Å². The molecule has 3 rings (SSSR count). The predicted molar refractivity (Wildman–Crippen MR) is 85.4 cm³/mol. The van der Waals surface area contributed by atoms with Gasteiger partial charge < -0.3 is 4.98 Å². The van der Waals surface area contributed by atoms with Crippen molar-refractivity contribution in [3.8, 4) is 0 Å². The summed E-state index contributed by atoms with van der Waals surface area (Å²) < 4.78 is 0. The first kappa shape index (κ1) is 13.4. The number of rotatable bonds is 2. The molecule has 2 heterocycles. The second kappa shape index (κ2) is 5.40. The van der Waals surface area contributed by atoms with Crippen LogP contribution in [0.25, 0.3) is 22.0 Å². The fourth-order valence-corrected chi connectivity index (χ4v) is 2.89. The molecule has 0 radical (unpaired) electrons. The lowest BCUT2D eigenvalue weighted by molar-refractivity contribution is 1.14. The van der Waals surface area contributed by atoms with E-state index in [1.165, 1.54) is 0 Å². The largest absolute Gasteiger partial charge is 0.305 e. The topological polar surface area (TPSA) is 45.8 Å². The summed E-state index contributed by atoms with van der Waals surface area (Å²) in [5, 5.41) is 3.29. The predicted octanol–water partition coefficient (Wildman–Crippen LogP) is 4.37.